The maximum absolute atomic E-state index is 12.0. The first kappa shape index (κ1) is 13.0. The molecule has 1 aromatic heterocycles. The molecular formula is C7H6F3N3O4. The van der Waals surface area contributed by atoms with Crippen LogP contribution in [0.15, 0.2) is 11.0 Å². The number of aromatic nitrogens is 1. The molecule has 0 bridgehead atoms. The Balaban J connectivity index is 3.41. The Kier molecular flexibility index (Phi) is 3.36. The van der Waals surface area contributed by atoms with Gasteiger partial charge < -0.3 is 15.5 Å². The van der Waals surface area contributed by atoms with E-state index >= 15 is 0 Å². The maximum atomic E-state index is 12.0. The van der Waals surface area contributed by atoms with Crippen LogP contribution >= 0.6 is 0 Å². The first-order valence-corrected chi connectivity index (χ1v) is 4.11. The molecular weight excluding hydrogens is 247 g/mol. The second-order valence-electron chi connectivity index (χ2n) is 2.82. The lowest BCUT2D eigenvalue weighted by Gasteiger charge is -2.09. The third-order valence-electron chi connectivity index (χ3n) is 1.74. The van der Waals surface area contributed by atoms with Gasteiger partial charge in [0.15, 0.2) is 0 Å². The second-order valence-corrected chi connectivity index (χ2v) is 2.82. The van der Waals surface area contributed by atoms with Crippen LogP contribution in [-0.4, -0.2) is 16.3 Å². The molecule has 94 valence electrons. The predicted molar refractivity (Wildman–Crippen MR) is 48.3 cm³/mol. The van der Waals surface area contributed by atoms with E-state index in [0.29, 0.717) is 6.20 Å². The summed E-state index contributed by atoms with van der Waals surface area (Å²) in [5, 5.41) is 10.6. The lowest BCUT2D eigenvalue weighted by molar-refractivity contribution is -0.389. The molecule has 0 aliphatic carbocycles. The summed E-state index contributed by atoms with van der Waals surface area (Å²) in [6.45, 7) is -0.583. The lowest BCUT2D eigenvalue weighted by Crippen LogP contribution is -2.23. The Morgan fingerprint density at radius 3 is 2.53 bits per heavy atom. The van der Waals surface area contributed by atoms with Crippen molar-refractivity contribution in [1.82, 2.24) is 4.98 Å². The molecule has 3 N–H and O–H groups in total. The molecule has 0 radical (unpaired) electrons. The Bertz CT molecular complexity index is 496. The van der Waals surface area contributed by atoms with Crippen molar-refractivity contribution in [2.24, 2.45) is 5.73 Å². The largest absolute Gasteiger partial charge is 0.573 e. The number of rotatable bonds is 3. The zero-order valence-electron chi connectivity index (χ0n) is 8.08. The predicted octanol–water partition coefficient (Wildman–Crippen LogP) is 0.640. The van der Waals surface area contributed by atoms with Gasteiger partial charge in [-0.25, -0.2) is 0 Å². The SMILES string of the molecule is NCc1c([N+](=O)[O-])c(OC(F)(F)F)c[nH]c1=O. The van der Waals surface area contributed by atoms with Crippen LogP contribution in [-0.2, 0) is 6.54 Å². The van der Waals surface area contributed by atoms with Gasteiger partial charge in [0.1, 0.15) is 5.56 Å². The highest BCUT2D eigenvalue weighted by Gasteiger charge is 2.36. The van der Waals surface area contributed by atoms with Crippen LogP contribution in [0.5, 0.6) is 5.75 Å². The quantitative estimate of drug-likeness (QED) is 0.606. The van der Waals surface area contributed by atoms with E-state index < -0.39 is 40.4 Å². The fourth-order valence-electron chi connectivity index (χ4n) is 1.13. The molecule has 0 saturated carbocycles. The number of nitrogens with one attached hydrogen (secondary N) is 1. The van der Waals surface area contributed by atoms with E-state index in [9.17, 15) is 28.1 Å². The molecule has 7 nitrogen and oxygen atoms in total. The molecule has 0 spiro atoms. The number of halogens is 3. The van der Waals surface area contributed by atoms with Gasteiger partial charge in [-0.3, -0.25) is 14.9 Å². The number of pyridine rings is 1. The molecule has 10 heteroatoms. The molecule has 1 heterocycles. The Hall–Kier alpha value is -2.10. The first-order chi connectivity index (χ1) is 7.76. The highest BCUT2D eigenvalue weighted by Crippen LogP contribution is 2.32. The summed E-state index contributed by atoms with van der Waals surface area (Å²) in [5.41, 5.74) is 2.45. The van der Waals surface area contributed by atoms with E-state index in [4.69, 9.17) is 5.73 Å². The van der Waals surface area contributed by atoms with Crippen molar-refractivity contribution in [3.63, 3.8) is 0 Å². The third kappa shape index (κ3) is 2.93. The van der Waals surface area contributed by atoms with Gasteiger partial charge in [0.05, 0.1) is 11.1 Å². The number of hydrogen-bond acceptors (Lipinski definition) is 5. The van der Waals surface area contributed by atoms with E-state index in [1.807, 2.05) is 4.98 Å². The van der Waals surface area contributed by atoms with Crippen LogP contribution in [0.4, 0.5) is 18.9 Å². The molecule has 0 aromatic carbocycles. The average Bonchev–Trinajstić information content (AvgIpc) is 2.17. The topological polar surface area (TPSA) is 111 Å². The number of nitrogens with zero attached hydrogens (tertiary/aromatic N) is 1. The van der Waals surface area contributed by atoms with Crippen molar-refractivity contribution in [1.29, 1.82) is 0 Å². The monoisotopic (exact) mass is 253 g/mol. The van der Waals surface area contributed by atoms with Crippen LogP contribution in [0.3, 0.4) is 0 Å². The van der Waals surface area contributed by atoms with Gasteiger partial charge >= 0.3 is 12.0 Å². The van der Waals surface area contributed by atoms with E-state index in [2.05, 4.69) is 4.74 Å². The van der Waals surface area contributed by atoms with Gasteiger partial charge in [-0.15, -0.1) is 13.2 Å². The van der Waals surface area contributed by atoms with Crippen LogP contribution in [0, 0.1) is 10.1 Å². The van der Waals surface area contributed by atoms with Gasteiger partial charge in [-0.2, -0.15) is 0 Å². The van der Waals surface area contributed by atoms with Crippen molar-refractivity contribution in [3.05, 3.63) is 32.2 Å². The highest BCUT2D eigenvalue weighted by atomic mass is 19.4. The van der Waals surface area contributed by atoms with E-state index in [0.717, 1.165) is 0 Å². The number of nitro groups is 1. The molecule has 0 aliphatic heterocycles. The van der Waals surface area contributed by atoms with Gasteiger partial charge in [0, 0.05) is 6.54 Å². The summed E-state index contributed by atoms with van der Waals surface area (Å²) in [4.78, 5) is 22.4. The molecule has 0 saturated heterocycles. The molecule has 17 heavy (non-hydrogen) atoms. The summed E-state index contributed by atoms with van der Waals surface area (Å²) in [6, 6.07) is 0. The fourth-order valence-corrected chi connectivity index (χ4v) is 1.13. The summed E-state index contributed by atoms with van der Waals surface area (Å²) in [5.74, 6) is -1.11. The van der Waals surface area contributed by atoms with Gasteiger partial charge in [-0.05, 0) is 0 Å². The average molecular weight is 253 g/mol. The van der Waals surface area contributed by atoms with Gasteiger partial charge in [0.25, 0.3) is 5.56 Å². The Labute approximate surface area is 91.1 Å². The highest BCUT2D eigenvalue weighted by molar-refractivity contribution is 5.50. The van der Waals surface area contributed by atoms with Gasteiger partial charge in [-0.1, -0.05) is 0 Å². The Morgan fingerprint density at radius 2 is 2.12 bits per heavy atom. The Morgan fingerprint density at radius 1 is 1.53 bits per heavy atom. The summed E-state index contributed by atoms with van der Waals surface area (Å²) >= 11 is 0. The van der Waals surface area contributed by atoms with E-state index in [1.54, 1.807) is 0 Å². The summed E-state index contributed by atoms with van der Waals surface area (Å²) in [6.07, 6.45) is -4.64. The minimum Gasteiger partial charge on any atom is -0.397 e. The summed E-state index contributed by atoms with van der Waals surface area (Å²) in [7, 11) is 0. The standard InChI is InChI=1S/C7H6F3N3O4/c8-7(9,10)17-4-2-12-6(14)3(1-11)5(4)13(15)16/h2H,1,11H2,(H,12,14). The van der Waals surface area contributed by atoms with Gasteiger partial charge in [0.2, 0.25) is 5.75 Å². The second kappa shape index (κ2) is 4.41. The minimum atomic E-state index is -5.10. The molecule has 1 rings (SSSR count). The van der Waals surface area contributed by atoms with Crippen molar-refractivity contribution in [3.8, 4) is 5.75 Å². The number of ether oxygens (including phenoxy) is 1. The number of H-pyrrole nitrogens is 1. The fraction of sp³-hybridized carbons (Fsp3) is 0.286. The van der Waals surface area contributed by atoms with E-state index in [1.165, 1.54) is 0 Å². The molecule has 0 amide bonds. The van der Waals surface area contributed by atoms with Crippen molar-refractivity contribution in [2.75, 3.05) is 0 Å². The minimum absolute atomic E-state index is 0.465. The van der Waals surface area contributed by atoms with E-state index in [-0.39, 0.29) is 0 Å². The molecule has 0 fully saturated rings. The third-order valence-corrected chi connectivity index (χ3v) is 1.74. The normalized spacial score (nSPS) is 11.3. The van der Waals surface area contributed by atoms with Crippen LogP contribution in [0.2, 0.25) is 0 Å². The number of hydrogen-bond donors (Lipinski definition) is 2. The lowest BCUT2D eigenvalue weighted by atomic mass is 10.2. The number of nitrogens with two attached hydrogens (primary N) is 1. The summed E-state index contributed by atoms with van der Waals surface area (Å²) < 4.78 is 39.3. The zero-order chi connectivity index (χ0) is 13.2. The first-order valence-electron chi connectivity index (χ1n) is 4.11. The zero-order valence-corrected chi connectivity index (χ0v) is 8.08. The molecule has 0 atom stereocenters. The smallest absolute Gasteiger partial charge is 0.397 e. The number of alkyl halides is 3. The van der Waals surface area contributed by atoms with Crippen LogP contribution < -0.4 is 16.0 Å². The van der Waals surface area contributed by atoms with Crippen LogP contribution in [0.25, 0.3) is 0 Å². The molecule has 0 aliphatic rings. The van der Waals surface area contributed by atoms with Crippen molar-refractivity contribution < 1.29 is 22.8 Å². The molecule has 1 aromatic rings. The maximum Gasteiger partial charge on any atom is 0.573 e. The van der Waals surface area contributed by atoms with Crippen LogP contribution in [0.1, 0.15) is 5.56 Å². The van der Waals surface area contributed by atoms with Crippen molar-refractivity contribution >= 4 is 5.69 Å². The molecule has 0 unspecified atom stereocenters. The number of aromatic amines is 1. The van der Waals surface area contributed by atoms with Crippen molar-refractivity contribution in [2.45, 2.75) is 12.9 Å².